The lowest BCUT2D eigenvalue weighted by Crippen LogP contribution is -2.44. The Kier molecular flexibility index (Phi) is 5.45. The molecule has 0 unspecified atom stereocenters. The minimum Gasteiger partial charge on any atom is -0.342 e. The molecule has 0 aliphatic carbocycles. The zero-order valence-electron chi connectivity index (χ0n) is 11.7. The van der Waals surface area contributed by atoms with E-state index in [9.17, 15) is 4.79 Å². The smallest absolute Gasteiger partial charge is 0.236 e. The van der Waals surface area contributed by atoms with Gasteiger partial charge in [0.2, 0.25) is 5.91 Å². The van der Waals surface area contributed by atoms with Crippen molar-refractivity contribution in [2.75, 3.05) is 45.8 Å². The third-order valence-electron chi connectivity index (χ3n) is 4.21. The number of hydrogen-bond acceptors (Lipinski definition) is 3. The summed E-state index contributed by atoms with van der Waals surface area (Å²) in [5, 5.41) is 3.12. The molecule has 0 aromatic rings. The molecule has 0 atom stereocenters. The fourth-order valence-corrected chi connectivity index (χ4v) is 3.04. The Labute approximate surface area is 111 Å². The van der Waals surface area contributed by atoms with Gasteiger partial charge in [0.15, 0.2) is 0 Å². The van der Waals surface area contributed by atoms with Gasteiger partial charge in [0, 0.05) is 19.6 Å². The third kappa shape index (κ3) is 3.95. The number of hydrogen-bond donors (Lipinski definition) is 1. The Morgan fingerprint density at radius 3 is 2.44 bits per heavy atom. The predicted octanol–water partition coefficient (Wildman–Crippen LogP) is 0.930. The topological polar surface area (TPSA) is 35.6 Å². The molecule has 4 nitrogen and oxygen atoms in total. The zero-order valence-corrected chi connectivity index (χ0v) is 11.7. The summed E-state index contributed by atoms with van der Waals surface area (Å²) in [5.74, 6) is 1.09. The normalized spacial score (nSPS) is 22.6. The van der Waals surface area contributed by atoms with E-state index in [1.165, 1.54) is 45.3 Å². The Balaban J connectivity index is 1.65. The maximum absolute atomic E-state index is 11.9. The molecule has 0 aromatic heterocycles. The fourth-order valence-electron chi connectivity index (χ4n) is 3.04. The summed E-state index contributed by atoms with van der Waals surface area (Å²) in [5.41, 5.74) is 0. The second-order valence-corrected chi connectivity index (χ2v) is 5.61. The molecule has 4 heteroatoms. The molecule has 0 aromatic carbocycles. The van der Waals surface area contributed by atoms with Gasteiger partial charge in [-0.15, -0.1) is 0 Å². The summed E-state index contributed by atoms with van der Waals surface area (Å²) in [6, 6.07) is 0. The van der Waals surface area contributed by atoms with Gasteiger partial charge in [-0.25, -0.2) is 0 Å². The van der Waals surface area contributed by atoms with Crippen LogP contribution in [0.5, 0.6) is 0 Å². The van der Waals surface area contributed by atoms with Gasteiger partial charge in [-0.1, -0.05) is 6.92 Å². The van der Waals surface area contributed by atoms with Crippen molar-refractivity contribution < 1.29 is 4.79 Å². The third-order valence-corrected chi connectivity index (χ3v) is 4.21. The maximum atomic E-state index is 11.9. The molecule has 2 aliphatic heterocycles. The van der Waals surface area contributed by atoms with Crippen LogP contribution in [0.3, 0.4) is 0 Å². The minimum absolute atomic E-state index is 0.275. The first-order valence-corrected chi connectivity index (χ1v) is 7.50. The van der Waals surface area contributed by atoms with Crippen molar-refractivity contribution >= 4 is 5.91 Å². The molecule has 0 saturated carbocycles. The van der Waals surface area contributed by atoms with Crippen molar-refractivity contribution in [2.45, 2.75) is 32.6 Å². The molecular formula is C14H27N3O. The molecule has 2 saturated heterocycles. The predicted molar refractivity (Wildman–Crippen MR) is 73.5 cm³/mol. The number of nitrogens with zero attached hydrogens (tertiary/aromatic N) is 2. The Hall–Kier alpha value is -0.610. The maximum Gasteiger partial charge on any atom is 0.236 e. The largest absolute Gasteiger partial charge is 0.342 e. The highest BCUT2D eigenvalue weighted by Gasteiger charge is 2.24. The summed E-state index contributed by atoms with van der Waals surface area (Å²) in [6.07, 6.45) is 5.13. The van der Waals surface area contributed by atoms with E-state index in [1.807, 2.05) is 11.8 Å². The highest BCUT2D eigenvalue weighted by molar-refractivity contribution is 5.78. The molecule has 2 heterocycles. The van der Waals surface area contributed by atoms with Crippen LogP contribution in [0, 0.1) is 5.92 Å². The van der Waals surface area contributed by atoms with Crippen LogP contribution in [0.2, 0.25) is 0 Å². The number of piperidine rings is 1. The van der Waals surface area contributed by atoms with E-state index in [4.69, 9.17) is 0 Å². The lowest BCUT2D eigenvalue weighted by Gasteiger charge is -2.34. The fraction of sp³-hybridized carbons (Fsp3) is 0.929. The van der Waals surface area contributed by atoms with E-state index < -0.39 is 0 Å². The number of likely N-dealkylation sites (tertiary alicyclic amines) is 2. The molecule has 2 fully saturated rings. The summed E-state index contributed by atoms with van der Waals surface area (Å²) in [4.78, 5) is 16.5. The van der Waals surface area contributed by atoms with E-state index in [2.05, 4.69) is 10.2 Å². The highest BCUT2D eigenvalue weighted by atomic mass is 16.2. The molecule has 2 rings (SSSR count). The van der Waals surface area contributed by atoms with E-state index in [0.29, 0.717) is 6.54 Å². The van der Waals surface area contributed by atoms with Crippen molar-refractivity contribution in [3.8, 4) is 0 Å². The standard InChI is InChI=1S/C14H27N3O/c1-2-15-11-14(18)17-9-5-13(6-10-17)12-16-7-3-4-8-16/h13,15H,2-12H2,1H3. The van der Waals surface area contributed by atoms with E-state index in [0.717, 1.165) is 25.6 Å². The SMILES string of the molecule is CCNCC(=O)N1CCC(CN2CCCC2)CC1. The average Bonchev–Trinajstić information content (AvgIpc) is 2.89. The summed E-state index contributed by atoms with van der Waals surface area (Å²) in [6.45, 7) is 9.18. The van der Waals surface area contributed by atoms with Crippen LogP contribution in [-0.2, 0) is 4.79 Å². The van der Waals surface area contributed by atoms with E-state index in [1.54, 1.807) is 0 Å². The molecule has 0 radical (unpaired) electrons. The molecule has 0 spiro atoms. The monoisotopic (exact) mass is 253 g/mol. The number of carbonyl (C=O) groups excluding carboxylic acids is 1. The van der Waals surface area contributed by atoms with Crippen LogP contribution in [-0.4, -0.2) is 61.5 Å². The summed E-state index contributed by atoms with van der Waals surface area (Å²) >= 11 is 0. The van der Waals surface area contributed by atoms with Gasteiger partial charge in [-0.3, -0.25) is 4.79 Å². The lowest BCUT2D eigenvalue weighted by atomic mass is 9.96. The molecule has 18 heavy (non-hydrogen) atoms. The Morgan fingerprint density at radius 1 is 1.17 bits per heavy atom. The molecule has 104 valence electrons. The number of amides is 1. The van der Waals surface area contributed by atoms with Crippen LogP contribution in [0.15, 0.2) is 0 Å². The first-order valence-electron chi connectivity index (χ1n) is 7.50. The molecule has 1 N–H and O–H groups in total. The van der Waals surface area contributed by atoms with Crippen molar-refractivity contribution in [2.24, 2.45) is 5.92 Å². The number of nitrogens with one attached hydrogen (secondary N) is 1. The number of rotatable bonds is 5. The minimum atomic E-state index is 0.275. The van der Waals surface area contributed by atoms with E-state index >= 15 is 0 Å². The molecular weight excluding hydrogens is 226 g/mol. The van der Waals surface area contributed by atoms with Crippen molar-refractivity contribution in [1.29, 1.82) is 0 Å². The first-order chi connectivity index (χ1) is 8.79. The first kappa shape index (κ1) is 13.8. The van der Waals surface area contributed by atoms with Crippen molar-refractivity contribution in [3.05, 3.63) is 0 Å². The summed E-state index contributed by atoms with van der Waals surface area (Å²) < 4.78 is 0. The summed E-state index contributed by atoms with van der Waals surface area (Å²) in [7, 11) is 0. The number of carbonyl (C=O) groups is 1. The second-order valence-electron chi connectivity index (χ2n) is 5.61. The van der Waals surface area contributed by atoms with Crippen molar-refractivity contribution in [3.63, 3.8) is 0 Å². The van der Waals surface area contributed by atoms with E-state index in [-0.39, 0.29) is 5.91 Å². The van der Waals surface area contributed by atoms with Gasteiger partial charge < -0.3 is 15.1 Å². The quantitative estimate of drug-likeness (QED) is 0.792. The van der Waals surface area contributed by atoms with Crippen LogP contribution in [0.1, 0.15) is 32.6 Å². The van der Waals surface area contributed by atoms with Crippen molar-refractivity contribution in [1.82, 2.24) is 15.1 Å². The Bertz CT molecular complexity index is 256. The number of likely N-dealkylation sites (N-methyl/N-ethyl adjacent to an activating group) is 1. The van der Waals surface area contributed by atoms with Gasteiger partial charge in [0.05, 0.1) is 6.54 Å². The highest BCUT2D eigenvalue weighted by Crippen LogP contribution is 2.20. The molecule has 2 aliphatic rings. The lowest BCUT2D eigenvalue weighted by molar-refractivity contribution is -0.131. The van der Waals surface area contributed by atoms with Gasteiger partial charge >= 0.3 is 0 Å². The van der Waals surface area contributed by atoms with Crippen LogP contribution >= 0.6 is 0 Å². The van der Waals surface area contributed by atoms with Crippen LogP contribution in [0.25, 0.3) is 0 Å². The van der Waals surface area contributed by atoms with Gasteiger partial charge in [0.1, 0.15) is 0 Å². The van der Waals surface area contributed by atoms with Crippen LogP contribution in [0.4, 0.5) is 0 Å². The molecule has 0 bridgehead atoms. The average molecular weight is 253 g/mol. The van der Waals surface area contributed by atoms with Crippen LogP contribution < -0.4 is 5.32 Å². The molecule has 1 amide bonds. The van der Waals surface area contributed by atoms with Gasteiger partial charge in [-0.05, 0) is 51.2 Å². The van der Waals surface area contributed by atoms with Gasteiger partial charge in [-0.2, -0.15) is 0 Å². The second kappa shape index (κ2) is 7.10. The van der Waals surface area contributed by atoms with Gasteiger partial charge in [0.25, 0.3) is 0 Å². The zero-order chi connectivity index (χ0) is 12.8. The Morgan fingerprint density at radius 2 is 1.83 bits per heavy atom.